The molecule has 0 unspecified atom stereocenters. The zero-order chi connectivity index (χ0) is 25.9. The van der Waals surface area contributed by atoms with E-state index in [2.05, 4.69) is 78.9 Å². The minimum atomic E-state index is 0.622. The fourth-order valence-electron chi connectivity index (χ4n) is 5.62. The Kier molecular flexibility index (Phi) is 4.55. The predicted molar refractivity (Wildman–Crippen MR) is 157 cm³/mol. The van der Waals surface area contributed by atoms with Gasteiger partial charge in [-0.2, -0.15) is 5.26 Å². The van der Waals surface area contributed by atoms with E-state index in [1.807, 2.05) is 36.5 Å². The highest BCUT2D eigenvalue weighted by atomic mass is 16.3. The van der Waals surface area contributed by atoms with E-state index >= 15 is 0 Å². The van der Waals surface area contributed by atoms with E-state index in [0.29, 0.717) is 5.56 Å². The number of rotatable bonds is 2. The Labute approximate surface area is 223 Å². The number of hydrogen-bond acceptors (Lipinski definition) is 4. The first kappa shape index (κ1) is 21.5. The van der Waals surface area contributed by atoms with Gasteiger partial charge in [-0.05, 0) is 52.9 Å². The molecular formula is C35H19N3O. The predicted octanol–water partition coefficient (Wildman–Crippen LogP) is 9.04. The molecule has 4 nitrogen and oxygen atoms in total. The van der Waals surface area contributed by atoms with Crippen LogP contribution in [0.3, 0.4) is 0 Å². The topological polar surface area (TPSA) is 62.7 Å². The monoisotopic (exact) mass is 497 g/mol. The maximum absolute atomic E-state index is 9.35. The minimum absolute atomic E-state index is 0.622. The van der Waals surface area contributed by atoms with Crippen LogP contribution in [0.2, 0.25) is 0 Å². The van der Waals surface area contributed by atoms with E-state index in [1.54, 1.807) is 6.07 Å². The first-order chi connectivity index (χ1) is 19.3. The molecule has 4 heteroatoms. The van der Waals surface area contributed by atoms with Crippen molar-refractivity contribution in [2.45, 2.75) is 0 Å². The molecule has 0 amide bonds. The van der Waals surface area contributed by atoms with Crippen molar-refractivity contribution in [1.82, 2.24) is 9.97 Å². The summed E-state index contributed by atoms with van der Waals surface area (Å²) < 4.78 is 6.00. The molecule has 0 saturated heterocycles. The number of para-hydroxylation sites is 1. The Hall–Kier alpha value is -5.53. The Morgan fingerprint density at radius 1 is 0.615 bits per heavy atom. The molecular weight excluding hydrogens is 478 g/mol. The van der Waals surface area contributed by atoms with Crippen molar-refractivity contribution in [3.05, 3.63) is 121 Å². The molecule has 8 aromatic rings. The molecule has 180 valence electrons. The van der Waals surface area contributed by atoms with Gasteiger partial charge in [0.05, 0.1) is 28.4 Å². The Bertz CT molecular complexity index is 2270. The smallest absolute Gasteiger partial charge is 0.135 e. The van der Waals surface area contributed by atoms with Crippen LogP contribution in [0.15, 0.2) is 120 Å². The average Bonchev–Trinajstić information content (AvgIpc) is 3.37. The van der Waals surface area contributed by atoms with E-state index in [9.17, 15) is 5.26 Å². The largest absolute Gasteiger partial charge is 0.456 e. The van der Waals surface area contributed by atoms with Crippen molar-refractivity contribution < 1.29 is 4.42 Å². The van der Waals surface area contributed by atoms with Gasteiger partial charge < -0.3 is 4.42 Å². The molecule has 0 aliphatic rings. The van der Waals surface area contributed by atoms with E-state index in [-0.39, 0.29) is 0 Å². The third-order valence-electron chi connectivity index (χ3n) is 7.52. The summed E-state index contributed by atoms with van der Waals surface area (Å²) in [5.74, 6) is 0. The summed E-state index contributed by atoms with van der Waals surface area (Å²) in [4.78, 5) is 9.96. The number of pyridine rings is 2. The molecule has 0 spiro atoms. The molecule has 0 fully saturated rings. The van der Waals surface area contributed by atoms with Gasteiger partial charge in [0.25, 0.3) is 0 Å². The molecule has 0 atom stereocenters. The molecule has 39 heavy (non-hydrogen) atoms. The molecule has 8 rings (SSSR count). The summed E-state index contributed by atoms with van der Waals surface area (Å²) in [6.45, 7) is 0. The van der Waals surface area contributed by atoms with Gasteiger partial charge in [-0.25, -0.2) is 4.98 Å². The Morgan fingerprint density at radius 3 is 2.15 bits per heavy atom. The summed E-state index contributed by atoms with van der Waals surface area (Å²) in [6.07, 6.45) is 1.94. The third-order valence-corrected chi connectivity index (χ3v) is 7.52. The van der Waals surface area contributed by atoms with Gasteiger partial charge in [0, 0.05) is 38.7 Å². The lowest BCUT2D eigenvalue weighted by Crippen LogP contribution is -1.93. The quantitative estimate of drug-likeness (QED) is 0.224. The van der Waals surface area contributed by atoms with Gasteiger partial charge in [-0.1, -0.05) is 72.8 Å². The van der Waals surface area contributed by atoms with Crippen LogP contribution in [0.25, 0.3) is 76.9 Å². The zero-order valence-electron chi connectivity index (χ0n) is 20.7. The molecule has 0 aliphatic heterocycles. The summed E-state index contributed by atoms with van der Waals surface area (Å²) in [7, 11) is 0. The van der Waals surface area contributed by atoms with Crippen LogP contribution in [-0.4, -0.2) is 9.97 Å². The van der Waals surface area contributed by atoms with Gasteiger partial charge in [0.1, 0.15) is 11.2 Å². The second-order valence-electron chi connectivity index (χ2n) is 9.76. The highest BCUT2D eigenvalue weighted by molar-refractivity contribution is 6.20. The number of nitrogens with zero attached hydrogens (tertiary/aromatic N) is 3. The van der Waals surface area contributed by atoms with Gasteiger partial charge >= 0.3 is 0 Å². The number of hydrogen-bond donors (Lipinski definition) is 0. The summed E-state index contributed by atoms with van der Waals surface area (Å²) >= 11 is 0. The number of aromatic nitrogens is 2. The van der Waals surface area contributed by atoms with Crippen molar-refractivity contribution in [3.63, 3.8) is 0 Å². The zero-order valence-corrected chi connectivity index (χ0v) is 20.7. The SMILES string of the molecule is N#Cc1ccc2oc3ccc(-c4ccc(-c5nc6ccccc6c6c5ncc5ccccc56)cc4)cc3c2c1. The highest BCUT2D eigenvalue weighted by Gasteiger charge is 2.15. The van der Waals surface area contributed by atoms with Crippen LogP contribution in [0, 0.1) is 11.3 Å². The van der Waals surface area contributed by atoms with Crippen LogP contribution in [0.1, 0.15) is 5.56 Å². The van der Waals surface area contributed by atoms with Gasteiger partial charge in [0.2, 0.25) is 0 Å². The number of fused-ring (bicyclic) bond motifs is 8. The molecule has 3 aromatic heterocycles. The van der Waals surface area contributed by atoms with Crippen LogP contribution >= 0.6 is 0 Å². The molecule has 5 aromatic carbocycles. The average molecular weight is 498 g/mol. The van der Waals surface area contributed by atoms with Gasteiger partial charge in [0.15, 0.2) is 0 Å². The number of furan rings is 1. The van der Waals surface area contributed by atoms with Crippen molar-refractivity contribution in [1.29, 1.82) is 5.26 Å². The fourth-order valence-corrected chi connectivity index (χ4v) is 5.62. The molecule has 0 aliphatic carbocycles. The maximum Gasteiger partial charge on any atom is 0.135 e. The first-order valence-corrected chi connectivity index (χ1v) is 12.8. The number of nitriles is 1. The third kappa shape index (κ3) is 3.31. The molecule has 0 radical (unpaired) electrons. The molecule has 3 heterocycles. The lowest BCUT2D eigenvalue weighted by Gasteiger charge is -2.12. The van der Waals surface area contributed by atoms with Crippen LogP contribution in [0.5, 0.6) is 0 Å². The van der Waals surface area contributed by atoms with E-state index in [0.717, 1.165) is 71.5 Å². The molecule has 0 bridgehead atoms. The Balaban J connectivity index is 1.29. The first-order valence-electron chi connectivity index (χ1n) is 12.8. The van der Waals surface area contributed by atoms with Crippen molar-refractivity contribution in [2.24, 2.45) is 0 Å². The van der Waals surface area contributed by atoms with E-state index in [4.69, 9.17) is 14.4 Å². The lowest BCUT2D eigenvalue weighted by atomic mass is 9.97. The second-order valence-corrected chi connectivity index (χ2v) is 9.76. The fraction of sp³-hybridized carbons (Fsp3) is 0. The van der Waals surface area contributed by atoms with Crippen molar-refractivity contribution >= 4 is 54.5 Å². The standard InChI is InChI=1S/C35H19N3O/c36-19-21-9-15-31-28(17-21)29-18-24(14-16-32(29)39-31)22-10-12-23(13-11-22)34-35-33(27-7-3-4-8-30(27)38-34)26-6-2-1-5-25(26)20-37-35/h1-18,20H. The van der Waals surface area contributed by atoms with E-state index < -0.39 is 0 Å². The van der Waals surface area contributed by atoms with Crippen LogP contribution in [-0.2, 0) is 0 Å². The minimum Gasteiger partial charge on any atom is -0.456 e. The van der Waals surface area contributed by atoms with Crippen molar-refractivity contribution in [2.75, 3.05) is 0 Å². The molecule has 0 N–H and O–H groups in total. The van der Waals surface area contributed by atoms with Crippen LogP contribution < -0.4 is 0 Å². The summed E-state index contributed by atoms with van der Waals surface area (Å²) in [5.41, 5.74) is 8.14. The second kappa shape index (κ2) is 8.24. The summed E-state index contributed by atoms with van der Waals surface area (Å²) in [5, 5.41) is 15.8. The van der Waals surface area contributed by atoms with Gasteiger partial charge in [-0.3, -0.25) is 4.98 Å². The molecule has 0 saturated carbocycles. The summed E-state index contributed by atoms with van der Waals surface area (Å²) in [6, 6.07) is 39.1. The maximum atomic E-state index is 9.35. The van der Waals surface area contributed by atoms with Crippen molar-refractivity contribution in [3.8, 4) is 28.5 Å². The van der Waals surface area contributed by atoms with Gasteiger partial charge in [-0.15, -0.1) is 0 Å². The lowest BCUT2D eigenvalue weighted by molar-refractivity contribution is 0.669. The number of benzene rings is 5. The van der Waals surface area contributed by atoms with Crippen LogP contribution in [0.4, 0.5) is 0 Å². The Morgan fingerprint density at radius 2 is 1.31 bits per heavy atom. The highest BCUT2D eigenvalue weighted by Crippen LogP contribution is 2.37. The normalized spacial score (nSPS) is 11.6. The van der Waals surface area contributed by atoms with E-state index in [1.165, 1.54) is 5.39 Å².